The maximum Gasteiger partial charge on any atom is 0.252 e. The van der Waals surface area contributed by atoms with Crippen LogP contribution in [0.15, 0.2) is 4.21 Å². The fraction of sp³-hybridized carbons (Fsp3) is 0.571. The van der Waals surface area contributed by atoms with Crippen LogP contribution in [0.4, 0.5) is 0 Å². The number of aliphatic hydroxyl groups is 1. The van der Waals surface area contributed by atoms with E-state index in [9.17, 15) is 8.42 Å². The molecule has 5 nitrogen and oxygen atoms in total. The van der Waals surface area contributed by atoms with E-state index in [2.05, 4.69) is 9.71 Å². The van der Waals surface area contributed by atoms with Crippen LogP contribution >= 0.6 is 22.9 Å². The van der Waals surface area contributed by atoms with E-state index in [0.29, 0.717) is 5.69 Å². The van der Waals surface area contributed by atoms with Gasteiger partial charge in [0.05, 0.1) is 11.8 Å². The minimum atomic E-state index is -3.60. The van der Waals surface area contributed by atoms with Gasteiger partial charge in [0.15, 0.2) is 8.68 Å². The summed E-state index contributed by atoms with van der Waals surface area (Å²) in [7, 11) is -3.60. The van der Waals surface area contributed by atoms with Crippen molar-refractivity contribution in [1.82, 2.24) is 9.71 Å². The highest BCUT2D eigenvalue weighted by Gasteiger charge is 2.21. The van der Waals surface area contributed by atoms with Crippen molar-refractivity contribution in [2.24, 2.45) is 0 Å². The number of aryl methyl sites for hydroxylation is 1. The molecule has 2 N–H and O–H groups in total. The average Bonchev–Trinajstić information content (AvgIpc) is 2.43. The van der Waals surface area contributed by atoms with Crippen LogP contribution in [-0.2, 0) is 10.0 Å². The first-order valence-corrected chi connectivity index (χ1v) is 6.81. The number of aliphatic hydroxyl groups excluding tert-OH is 1. The van der Waals surface area contributed by atoms with Gasteiger partial charge < -0.3 is 5.11 Å². The SMILES string of the molecule is Cc1nc(Cl)sc1S(=O)(=O)NC[C@@H](C)O. The van der Waals surface area contributed by atoms with Crippen LogP contribution in [0.1, 0.15) is 12.6 Å². The Morgan fingerprint density at radius 2 is 2.27 bits per heavy atom. The lowest BCUT2D eigenvalue weighted by Crippen LogP contribution is -2.30. The van der Waals surface area contributed by atoms with E-state index in [0.717, 1.165) is 11.3 Å². The number of sulfonamides is 1. The Morgan fingerprint density at radius 1 is 1.67 bits per heavy atom. The first-order valence-electron chi connectivity index (χ1n) is 4.13. The molecule has 0 aliphatic carbocycles. The van der Waals surface area contributed by atoms with Gasteiger partial charge in [-0.1, -0.05) is 22.9 Å². The predicted octanol–water partition coefficient (Wildman–Crippen LogP) is 0.764. The van der Waals surface area contributed by atoms with Crippen molar-refractivity contribution in [1.29, 1.82) is 0 Å². The van der Waals surface area contributed by atoms with Gasteiger partial charge in [-0.15, -0.1) is 0 Å². The van der Waals surface area contributed by atoms with Crippen LogP contribution in [0.5, 0.6) is 0 Å². The zero-order valence-electron chi connectivity index (χ0n) is 8.19. The zero-order valence-corrected chi connectivity index (χ0v) is 10.6. The van der Waals surface area contributed by atoms with Crippen molar-refractivity contribution < 1.29 is 13.5 Å². The van der Waals surface area contributed by atoms with E-state index in [1.807, 2.05) is 0 Å². The Labute approximate surface area is 97.2 Å². The van der Waals surface area contributed by atoms with Gasteiger partial charge in [0.1, 0.15) is 0 Å². The van der Waals surface area contributed by atoms with Gasteiger partial charge in [0, 0.05) is 6.54 Å². The highest BCUT2D eigenvalue weighted by Crippen LogP contribution is 2.26. The van der Waals surface area contributed by atoms with Gasteiger partial charge in [-0.25, -0.2) is 18.1 Å². The Kier molecular flexibility index (Phi) is 4.07. The summed E-state index contributed by atoms with van der Waals surface area (Å²) in [6.07, 6.45) is -0.733. The normalized spacial score (nSPS) is 14.1. The Balaban J connectivity index is 2.91. The summed E-state index contributed by atoms with van der Waals surface area (Å²) in [5.74, 6) is 0. The fourth-order valence-corrected chi connectivity index (χ4v) is 3.80. The molecule has 1 rings (SSSR count). The molecule has 0 unspecified atom stereocenters. The van der Waals surface area contributed by atoms with Crippen molar-refractivity contribution in [3.05, 3.63) is 10.2 Å². The van der Waals surface area contributed by atoms with E-state index < -0.39 is 16.1 Å². The molecule has 0 saturated carbocycles. The lowest BCUT2D eigenvalue weighted by atomic mass is 10.4. The largest absolute Gasteiger partial charge is 0.392 e. The number of hydrogen-bond donors (Lipinski definition) is 2. The molecule has 0 radical (unpaired) electrons. The monoisotopic (exact) mass is 270 g/mol. The maximum absolute atomic E-state index is 11.7. The predicted molar refractivity (Wildman–Crippen MR) is 58.7 cm³/mol. The van der Waals surface area contributed by atoms with Gasteiger partial charge in [0.25, 0.3) is 10.0 Å². The van der Waals surface area contributed by atoms with Crippen molar-refractivity contribution >= 4 is 33.0 Å². The average molecular weight is 271 g/mol. The maximum atomic E-state index is 11.7. The molecule has 1 aromatic rings. The Hall–Kier alpha value is -0.210. The highest BCUT2D eigenvalue weighted by molar-refractivity contribution is 7.91. The first kappa shape index (κ1) is 12.9. The second-order valence-corrected chi connectivity index (χ2v) is 6.58. The Bertz CT molecular complexity index is 441. The van der Waals surface area contributed by atoms with E-state index in [-0.39, 0.29) is 15.2 Å². The number of nitrogens with zero attached hydrogens (tertiary/aromatic N) is 1. The summed E-state index contributed by atoms with van der Waals surface area (Å²) in [4.78, 5) is 3.81. The molecule has 0 fully saturated rings. The minimum Gasteiger partial charge on any atom is -0.392 e. The second kappa shape index (κ2) is 4.75. The molecule has 0 bridgehead atoms. The van der Waals surface area contributed by atoms with Crippen molar-refractivity contribution in [3.63, 3.8) is 0 Å². The summed E-state index contributed by atoms with van der Waals surface area (Å²) >= 11 is 6.50. The molecule has 0 saturated heterocycles. The summed E-state index contributed by atoms with van der Waals surface area (Å²) in [6.45, 7) is 3.03. The quantitative estimate of drug-likeness (QED) is 0.847. The van der Waals surface area contributed by atoms with Crippen molar-refractivity contribution in [2.45, 2.75) is 24.2 Å². The van der Waals surface area contributed by atoms with Gasteiger partial charge in [-0.05, 0) is 13.8 Å². The number of hydrogen-bond acceptors (Lipinski definition) is 5. The smallest absolute Gasteiger partial charge is 0.252 e. The topological polar surface area (TPSA) is 79.3 Å². The summed E-state index contributed by atoms with van der Waals surface area (Å²) in [5.41, 5.74) is 0.364. The van der Waals surface area contributed by atoms with Crippen LogP contribution in [0.3, 0.4) is 0 Å². The molecule has 1 aromatic heterocycles. The number of halogens is 1. The van der Waals surface area contributed by atoms with Crippen LogP contribution in [0, 0.1) is 6.92 Å². The number of nitrogens with one attached hydrogen (secondary N) is 1. The molecule has 0 aliphatic heterocycles. The number of aromatic nitrogens is 1. The first-order chi connectivity index (χ1) is 6.83. The molecular weight excluding hydrogens is 260 g/mol. The van der Waals surface area contributed by atoms with E-state index in [4.69, 9.17) is 16.7 Å². The molecule has 0 amide bonds. The molecule has 86 valence electrons. The van der Waals surface area contributed by atoms with E-state index >= 15 is 0 Å². The molecule has 0 spiro atoms. The molecule has 0 aromatic carbocycles. The van der Waals surface area contributed by atoms with Gasteiger partial charge in [-0.2, -0.15) is 0 Å². The molecule has 1 atom stereocenters. The summed E-state index contributed by atoms with van der Waals surface area (Å²) in [5, 5.41) is 8.97. The molecule has 8 heteroatoms. The van der Waals surface area contributed by atoms with Gasteiger partial charge >= 0.3 is 0 Å². The van der Waals surface area contributed by atoms with Crippen LogP contribution < -0.4 is 4.72 Å². The van der Waals surface area contributed by atoms with E-state index in [1.165, 1.54) is 6.92 Å². The lowest BCUT2D eigenvalue weighted by Gasteiger charge is -2.06. The molecular formula is C7H11ClN2O3S2. The van der Waals surface area contributed by atoms with Crippen LogP contribution in [0.2, 0.25) is 4.47 Å². The molecule has 15 heavy (non-hydrogen) atoms. The van der Waals surface area contributed by atoms with Gasteiger partial charge in [-0.3, -0.25) is 0 Å². The summed E-state index contributed by atoms with van der Waals surface area (Å²) in [6, 6.07) is 0. The standard InChI is InChI=1S/C7H11ClN2O3S2/c1-4(11)3-9-15(12,13)6-5(2)10-7(8)14-6/h4,9,11H,3H2,1-2H3/t4-/m1/s1. The minimum absolute atomic E-state index is 0.0305. The third kappa shape index (κ3) is 3.39. The molecule has 0 aliphatic rings. The summed E-state index contributed by atoms with van der Waals surface area (Å²) < 4.78 is 25.9. The number of thiazole rings is 1. The highest BCUT2D eigenvalue weighted by atomic mass is 35.5. The Morgan fingerprint density at radius 3 is 2.67 bits per heavy atom. The second-order valence-electron chi connectivity index (χ2n) is 3.04. The number of rotatable bonds is 4. The van der Waals surface area contributed by atoms with E-state index in [1.54, 1.807) is 6.92 Å². The zero-order chi connectivity index (χ0) is 11.6. The molecule has 1 heterocycles. The van der Waals surface area contributed by atoms with Crippen LogP contribution in [-0.4, -0.2) is 31.2 Å². The van der Waals surface area contributed by atoms with Crippen molar-refractivity contribution in [2.75, 3.05) is 6.54 Å². The van der Waals surface area contributed by atoms with Crippen LogP contribution in [0.25, 0.3) is 0 Å². The van der Waals surface area contributed by atoms with Gasteiger partial charge in [0.2, 0.25) is 0 Å². The third-order valence-electron chi connectivity index (χ3n) is 1.54. The lowest BCUT2D eigenvalue weighted by molar-refractivity contribution is 0.198. The fourth-order valence-electron chi connectivity index (χ4n) is 0.896. The third-order valence-corrected chi connectivity index (χ3v) is 4.84. The van der Waals surface area contributed by atoms with Crippen molar-refractivity contribution in [3.8, 4) is 0 Å².